The van der Waals surface area contributed by atoms with Gasteiger partial charge in [-0.2, -0.15) is 0 Å². The van der Waals surface area contributed by atoms with E-state index in [9.17, 15) is 14.7 Å². The van der Waals surface area contributed by atoms with E-state index < -0.39 is 17.9 Å². The van der Waals surface area contributed by atoms with Crippen LogP contribution < -0.4 is 10.6 Å². The summed E-state index contributed by atoms with van der Waals surface area (Å²) in [6.07, 6.45) is 3.29. The Morgan fingerprint density at radius 3 is 2.73 bits per heavy atom. The Kier molecular flexibility index (Phi) is 5.80. The fraction of sp³-hybridized carbons (Fsp3) is 0.500. The maximum Gasteiger partial charge on any atom is 0.313 e. The molecular formula is C16H21ClN2O3. The summed E-state index contributed by atoms with van der Waals surface area (Å²) in [6.45, 7) is 2.14. The van der Waals surface area contributed by atoms with Crippen LogP contribution in [0.2, 0.25) is 5.02 Å². The fourth-order valence-corrected chi connectivity index (χ4v) is 2.81. The fourth-order valence-electron chi connectivity index (χ4n) is 2.64. The number of carbonyl (C=O) groups is 2. The number of aliphatic hydroxyl groups is 1. The van der Waals surface area contributed by atoms with Gasteiger partial charge in [0.15, 0.2) is 0 Å². The van der Waals surface area contributed by atoms with E-state index in [2.05, 4.69) is 10.6 Å². The highest BCUT2D eigenvalue weighted by molar-refractivity contribution is 6.40. The van der Waals surface area contributed by atoms with E-state index in [0.29, 0.717) is 17.3 Å². The van der Waals surface area contributed by atoms with E-state index in [1.54, 1.807) is 18.2 Å². The molecule has 0 saturated heterocycles. The van der Waals surface area contributed by atoms with E-state index in [4.69, 9.17) is 11.6 Å². The third-order valence-corrected chi connectivity index (χ3v) is 4.28. The molecule has 6 heteroatoms. The molecule has 1 fully saturated rings. The minimum Gasteiger partial charge on any atom is -0.393 e. The summed E-state index contributed by atoms with van der Waals surface area (Å²) in [6, 6.07) is 5.10. The number of aryl methyl sites for hydroxylation is 1. The first-order chi connectivity index (χ1) is 10.5. The summed E-state index contributed by atoms with van der Waals surface area (Å²) in [4.78, 5) is 23.8. The molecule has 3 N–H and O–H groups in total. The van der Waals surface area contributed by atoms with Gasteiger partial charge >= 0.3 is 11.8 Å². The number of anilines is 1. The van der Waals surface area contributed by atoms with E-state index in [0.717, 1.165) is 31.2 Å². The van der Waals surface area contributed by atoms with Crippen molar-refractivity contribution in [1.29, 1.82) is 0 Å². The molecule has 0 heterocycles. The molecule has 0 unspecified atom stereocenters. The molecule has 2 rings (SSSR count). The molecule has 1 saturated carbocycles. The highest BCUT2D eigenvalue weighted by Crippen LogP contribution is 2.23. The molecule has 0 bridgehead atoms. The van der Waals surface area contributed by atoms with Gasteiger partial charge in [0.2, 0.25) is 0 Å². The average Bonchev–Trinajstić information content (AvgIpc) is 2.49. The quantitative estimate of drug-likeness (QED) is 0.746. The monoisotopic (exact) mass is 324 g/mol. The lowest BCUT2D eigenvalue weighted by Gasteiger charge is -2.27. The molecular weight excluding hydrogens is 304 g/mol. The molecule has 0 radical (unpaired) electrons. The molecule has 2 amide bonds. The van der Waals surface area contributed by atoms with Gasteiger partial charge < -0.3 is 15.7 Å². The first-order valence-corrected chi connectivity index (χ1v) is 7.88. The first kappa shape index (κ1) is 16.8. The Morgan fingerprint density at radius 2 is 2.00 bits per heavy atom. The van der Waals surface area contributed by atoms with Gasteiger partial charge in [-0.25, -0.2) is 0 Å². The molecule has 5 nitrogen and oxygen atoms in total. The minimum absolute atomic E-state index is 0.0263. The zero-order chi connectivity index (χ0) is 16.1. The lowest BCUT2D eigenvalue weighted by atomic mass is 9.86. The molecule has 120 valence electrons. The molecule has 1 aliphatic rings. The van der Waals surface area contributed by atoms with Gasteiger partial charge in [-0.3, -0.25) is 9.59 Å². The van der Waals surface area contributed by atoms with Gasteiger partial charge in [0.1, 0.15) is 0 Å². The molecule has 22 heavy (non-hydrogen) atoms. The summed E-state index contributed by atoms with van der Waals surface area (Å²) >= 11 is 5.88. The Bertz CT molecular complexity index is 562. The van der Waals surface area contributed by atoms with Crippen LogP contribution in [0.1, 0.15) is 31.2 Å². The zero-order valence-corrected chi connectivity index (χ0v) is 13.3. The van der Waals surface area contributed by atoms with Crippen LogP contribution >= 0.6 is 11.6 Å². The molecule has 0 spiro atoms. The summed E-state index contributed by atoms with van der Waals surface area (Å²) in [5.41, 5.74) is 1.35. The van der Waals surface area contributed by atoms with E-state index in [1.807, 2.05) is 6.92 Å². The summed E-state index contributed by atoms with van der Waals surface area (Å²) in [5.74, 6) is -1.40. The van der Waals surface area contributed by atoms with E-state index >= 15 is 0 Å². The van der Waals surface area contributed by atoms with E-state index in [-0.39, 0.29) is 5.92 Å². The van der Waals surface area contributed by atoms with Crippen molar-refractivity contribution in [3.8, 4) is 0 Å². The van der Waals surface area contributed by atoms with E-state index in [1.165, 1.54) is 0 Å². The van der Waals surface area contributed by atoms with Crippen LogP contribution in [0.5, 0.6) is 0 Å². The van der Waals surface area contributed by atoms with Crippen LogP contribution in [0.15, 0.2) is 18.2 Å². The molecule has 1 aromatic carbocycles. The van der Waals surface area contributed by atoms with Crippen molar-refractivity contribution in [2.45, 2.75) is 38.7 Å². The van der Waals surface area contributed by atoms with Crippen molar-refractivity contribution in [3.63, 3.8) is 0 Å². The highest BCUT2D eigenvalue weighted by Gasteiger charge is 2.24. The second kappa shape index (κ2) is 7.61. The second-order valence-corrected chi connectivity index (χ2v) is 6.17. The Labute approximate surface area is 135 Å². The van der Waals surface area contributed by atoms with Crippen molar-refractivity contribution >= 4 is 29.1 Å². The van der Waals surface area contributed by atoms with Gasteiger partial charge in [0.05, 0.1) is 6.10 Å². The number of rotatable bonds is 3. The third-order valence-electron chi connectivity index (χ3n) is 4.05. The molecule has 2 atom stereocenters. The number of aliphatic hydroxyl groups excluding tert-OH is 1. The predicted octanol–water partition coefficient (Wildman–Crippen LogP) is 2.25. The normalized spacial score (nSPS) is 21.2. The van der Waals surface area contributed by atoms with Crippen molar-refractivity contribution in [2.24, 2.45) is 5.92 Å². The topological polar surface area (TPSA) is 78.4 Å². The maximum absolute atomic E-state index is 11.9. The summed E-state index contributed by atoms with van der Waals surface area (Å²) < 4.78 is 0. The van der Waals surface area contributed by atoms with Crippen LogP contribution in [-0.2, 0) is 9.59 Å². The number of hydrogen-bond donors (Lipinski definition) is 3. The van der Waals surface area contributed by atoms with Crippen LogP contribution in [0, 0.1) is 12.8 Å². The summed E-state index contributed by atoms with van der Waals surface area (Å²) in [7, 11) is 0. The van der Waals surface area contributed by atoms with Gasteiger partial charge in [-0.15, -0.1) is 0 Å². The SMILES string of the molecule is Cc1ccc(Cl)cc1NC(=O)C(=O)NC[C@H]1CCCC[C@@H]1O. The minimum atomic E-state index is -0.726. The van der Waals surface area contributed by atoms with Gasteiger partial charge in [0.25, 0.3) is 0 Å². The molecule has 1 aromatic rings. The van der Waals surface area contributed by atoms with Crippen molar-refractivity contribution in [2.75, 3.05) is 11.9 Å². The number of carbonyl (C=O) groups excluding carboxylic acids is 2. The van der Waals surface area contributed by atoms with Crippen molar-refractivity contribution in [3.05, 3.63) is 28.8 Å². The number of benzene rings is 1. The Morgan fingerprint density at radius 1 is 1.27 bits per heavy atom. The summed E-state index contributed by atoms with van der Waals surface area (Å²) in [5, 5.41) is 15.5. The number of amides is 2. The number of nitrogens with one attached hydrogen (secondary N) is 2. The highest BCUT2D eigenvalue weighted by atomic mass is 35.5. The largest absolute Gasteiger partial charge is 0.393 e. The first-order valence-electron chi connectivity index (χ1n) is 7.51. The molecule has 1 aliphatic carbocycles. The van der Waals surface area contributed by atoms with Gasteiger partial charge in [-0.05, 0) is 37.5 Å². The predicted molar refractivity (Wildman–Crippen MR) is 85.8 cm³/mol. The van der Waals surface area contributed by atoms with Crippen molar-refractivity contribution < 1.29 is 14.7 Å². The zero-order valence-electron chi connectivity index (χ0n) is 12.6. The van der Waals surface area contributed by atoms with Gasteiger partial charge in [-0.1, -0.05) is 30.5 Å². The Hall–Kier alpha value is -1.59. The standard InChI is InChI=1S/C16H21ClN2O3/c1-10-6-7-12(17)8-13(10)19-16(22)15(21)18-9-11-4-2-3-5-14(11)20/h6-8,11,14,20H,2-5,9H2,1H3,(H,18,21)(H,19,22)/t11-,14+/m1/s1. The number of halogens is 1. The molecule has 0 aliphatic heterocycles. The second-order valence-electron chi connectivity index (χ2n) is 5.74. The Balaban J connectivity index is 1.86. The smallest absolute Gasteiger partial charge is 0.313 e. The number of hydrogen-bond acceptors (Lipinski definition) is 3. The van der Waals surface area contributed by atoms with Gasteiger partial charge in [0, 0.05) is 23.2 Å². The van der Waals surface area contributed by atoms with Crippen LogP contribution in [0.3, 0.4) is 0 Å². The van der Waals surface area contributed by atoms with Crippen molar-refractivity contribution in [1.82, 2.24) is 5.32 Å². The average molecular weight is 325 g/mol. The third kappa shape index (κ3) is 4.45. The lowest BCUT2D eigenvalue weighted by molar-refractivity contribution is -0.136. The van der Waals surface area contributed by atoms with Crippen LogP contribution in [0.4, 0.5) is 5.69 Å². The van der Waals surface area contributed by atoms with Crippen LogP contribution in [0.25, 0.3) is 0 Å². The van der Waals surface area contributed by atoms with Crippen LogP contribution in [-0.4, -0.2) is 29.6 Å². The maximum atomic E-state index is 11.9. The lowest BCUT2D eigenvalue weighted by Crippen LogP contribution is -2.41. The molecule has 0 aromatic heterocycles.